The number of aromatic amines is 1. The maximum absolute atomic E-state index is 4.67. The lowest BCUT2D eigenvalue weighted by molar-refractivity contribution is 0.563. The van der Waals surface area contributed by atoms with E-state index in [1.165, 1.54) is 5.56 Å². The van der Waals surface area contributed by atoms with Crippen LogP contribution in [0.5, 0.6) is 0 Å². The molecule has 0 aliphatic heterocycles. The van der Waals surface area contributed by atoms with Gasteiger partial charge >= 0.3 is 0 Å². The van der Waals surface area contributed by atoms with Gasteiger partial charge in [0.2, 0.25) is 0 Å². The highest BCUT2D eigenvalue weighted by Gasteiger charge is 2.20. The molecule has 0 atom stereocenters. The van der Waals surface area contributed by atoms with Crippen molar-refractivity contribution in [3.63, 3.8) is 0 Å². The molecule has 0 unspecified atom stereocenters. The summed E-state index contributed by atoms with van der Waals surface area (Å²) in [5.41, 5.74) is 4.33. The van der Waals surface area contributed by atoms with E-state index in [1.54, 1.807) is 0 Å². The number of nitrogens with zero attached hydrogens (tertiary/aromatic N) is 3. The van der Waals surface area contributed by atoms with E-state index in [1.807, 2.05) is 10.6 Å². The fraction of sp³-hybridized carbons (Fsp3) is 0.333. The SMILES string of the molecule is Cc1cccc(-c2n[nH]c3cc(C(C)(C)C)nn23)c1. The van der Waals surface area contributed by atoms with Crippen LogP contribution in [0.15, 0.2) is 30.3 Å². The third-order valence-electron chi connectivity index (χ3n) is 3.23. The molecular formula is C15H18N4. The zero-order valence-electron chi connectivity index (χ0n) is 11.7. The lowest BCUT2D eigenvalue weighted by Crippen LogP contribution is -2.12. The average molecular weight is 254 g/mol. The van der Waals surface area contributed by atoms with Crippen molar-refractivity contribution >= 4 is 5.65 Å². The van der Waals surface area contributed by atoms with Gasteiger partial charge in [0, 0.05) is 17.0 Å². The number of fused-ring (bicyclic) bond motifs is 1. The first-order chi connectivity index (χ1) is 8.95. The number of hydrogen-bond acceptors (Lipinski definition) is 2. The van der Waals surface area contributed by atoms with Crippen molar-refractivity contribution < 1.29 is 0 Å². The highest BCUT2D eigenvalue weighted by atomic mass is 15.4. The maximum Gasteiger partial charge on any atom is 0.182 e. The number of aromatic nitrogens is 4. The molecular weight excluding hydrogens is 236 g/mol. The molecule has 4 heteroatoms. The molecule has 4 nitrogen and oxygen atoms in total. The Balaban J connectivity index is 2.17. The fourth-order valence-electron chi connectivity index (χ4n) is 2.12. The van der Waals surface area contributed by atoms with Gasteiger partial charge in [-0.05, 0) is 13.0 Å². The summed E-state index contributed by atoms with van der Waals surface area (Å²) >= 11 is 0. The lowest BCUT2D eigenvalue weighted by Gasteiger charge is -2.13. The smallest absolute Gasteiger partial charge is 0.182 e. The van der Waals surface area contributed by atoms with E-state index in [-0.39, 0.29) is 5.41 Å². The minimum absolute atomic E-state index is 0.0384. The Labute approximate surface area is 112 Å². The summed E-state index contributed by atoms with van der Waals surface area (Å²) in [4.78, 5) is 0. The largest absolute Gasteiger partial charge is 0.259 e. The van der Waals surface area contributed by atoms with Gasteiger partial charge in [-0.25, -0.2) is 0 Å². The van der Waals surface area contributed by atoms with Crippen molar-refractivity contribution in [2.75, 3.05) is 0 Å². The molecule has 0 aliphatic carbocycles. The topological polar surface area (TPSA) is 46.0 Å². The Kier molecular flexibility index (Phi) is 2.49. The summed E-state index contributed by atoms with van der Waals surface area (Å²) in [6, 6.07) is 10.4. The van der Waals surface area contributed by atoms with E-state index in [9.17, 15) is 0 Å². The zero-order valence-corrected chi connectivity index (χ0v) is 11.7. The zero-order chi connectivity index (χ0) is 13.6. The second-order valence-electron chi connectivity index (χ2n) is 5.99. The van der Waals surface area contributed by atoms with Crippen LogP contribution < -0.4 is 0 Å². The van der Waals surface area contributed by atoms with Gasteiger partial charge < -0.3 is 0 Å². The lowest BCUT2D eigenvalue weighted by atomic mass is 9.93. The minimum Gasteiger partial charge on any atom is -0.259 e. The molecule has 3 aromatic rings. The van der Waals surface area contributed by atoms with Gasteiger partial charge in [0.25, 0.3) is 0 Å². The van der Waals surface area contributed by atoms with E-state index >= 15 is 0 Å². The van der Waals surface area contributed by atoms with Crippen molar-refractivity contribution in [3.05, 3.63) is 41.6 Å². The molecule has 2 aromatic heterocycles. The van der Waals surface area contributed by atoms with Crippen LogP contribution in [0.25, 0.3) is 17.0 Å². The predicted molar refractivity (Wildman–Crippen MR) is 76.2 cm³/mol. The molecule has 2 heterocycles. The van der Waals surface area contributed by atoms with Crippen molar-refractivity contribution in [1.29, 1.82) is 0 Å². The van der Waals surface area contributed by atoms with Crippen molar-refractivity contribution in [2.45, 2.75) is 33.1 Å². The van der Waals surface area contributed by atoms with Crippen LogP contribution in [0.1, 0.15) is 32.0 Å². The highest BCUT2D eigenvalue weighted by molar-refractivity contribution is 5.60. The van der Waals surface area contributed by atoms with E-state index in [0.717, 1.165) is 22.7 Å². The molecule has 1 aromatic carbocycles. The first-order valence-corrected chi connectivity index (χ1v) is 6.47. The number of H-pyrrole nitrogens is 1. The van der Waals surface area contributed by atoms with Gasteiger partial charge in [-0.1, -0.05) is 44.5 Å². The molecule has 0 bridgehead atoms. The second-order valence-corrected chi connectivity index (χ2v) is 5.99. The first-order valence-electron chi connectivity index (χ1n) is 6.47. The normalized spacial score (nSPS) is 12.2. The Bertz CT molecular complexity index is 728. The molecule has 3 rings (SSSR count). The van der Waals surface area contributed by atoms with E-state index in [0.29, 0.717) is 0 Å². The molecule has 0 spiro atoms. The first kappa shape index (κ1) is 12.0. The highest BCUT2D eigenvalue weighted by Crippen LogP contribution is 2.24. The molecule has 0 fully saturated rings. The number of benzene rings is 1. The van der Waals surface area contributed by atoms with Crippen LogP contribution in [0, 0.1) is 6.92 Å². The van der Waals surface area contributed by atoms with Gasteiger partial charge in [0.1, 0.15) is 0 Å². The summed E-state index contributed by atoms with van der Waals surface area (Å²) in [6.07, 6.45) is 0. The predicted octanol–water partition coefficient (Wildman–Crippen LogP) is 3.33. The Morgan fingerprint density at radius 3 is 2.63 bits per heavy atom. The van der Waals surface area contributed by atoms with Gasteiger partial charge in [-0.3, -0.25) is 5.10 Å². The Morgan fingerprint density at radius 2 is 1.95 bits per heavy atom. The summed E-state index contributed by atoms with van der Waals surface area (Å²) in [5.74, 6) is 0.856. The molecule has 1 N–H and O–H groups in total. The minimum atomic E-state index is 0.0384. The van der Waals surface area contributed by atoms with Gasteiger partial charge in [-0.2, -0.15) is 14.7 Å². The fourth-order valence-corrected chi connectivity index (χ4v) is 2.12. The van der Waals surface area contributed by atoms with Gasteiger partial charge in [0.05, 0.1) is 5.69 Å². The van der Waals surface area contributed by atoms with Crippen LogP contribution in [-0.2, 0) is 5.41 Å². The molecule has 0 aliphatic rings. The molecule has 19 heavy (non-hydrogen) atoms. The van der Waals surface area contributed by atoms with Gasteiger partial charge in [0.15, 0.2) is 11.5 Å². The molecule has 0 saturated carbocycles. The van der Waals surface area contributed by atoms with Crippen LogP contribution >= 0.6 is 0 Å². The molecule has 0 radical (unpaired) electrons. The standard InChI is InChI=1S/C15H18N4/c1-10-6-5-7-11(8-10)14-17-16-13-9-12(15(2,3)4)18-19(13)14/h5-9,16H,1-4H3. The Morgan fingerprint density at radius 1 is 1.16 bits per heavy atom. The number of nitrogens with one attached hydrogen (secondary N) is 1. The number of hydrogen-bond donors (Lipinski definition) is 1. The van der Waals surface area contributed by atoms with Crippen molar-refractivity contribution in [2.24, 2.45) is 0 Å². The van der Waals surface area contributed by atoms with Crippen LogP contribution in [-0.4, -0.2) is 19.8 Å². The van der Waals surface area contributed by atoms with Crippen LogP contribution in [0.3, 0.4) is 0 Å². The number of rotatable bonds is 1. The van der Waals surface area contributed by atoms with Crippen LogP contribution in [0.4, 0.5) is 0 Å². The summed E-state index contributed by atoms with van der Waals surface area (Å²) in [7, 11) is 0. The van der Waals surface area contributed by atoms with E-state index in [4.69, 9.17) is 0 Å². The Hall–Kier alpha value is -2.10. The maximum atomic E-state index is 4.67. The van der Waals surface area contributed by atoms with Crippen molar-refractivity contribution in [1.82, 2.24) is 19.8 Å². The summed E-state index contributed by atoms with van der Waals surface area (Å²) in [6.45, 7) is 8.56. The third-order valence-corrected chi connectivity index (χ3v) is 3.23. The molecule has 0 saturated heterocycles. The van der Waals surface area contributed by atoms with Crippen molar-refractivity contribution in [3.8, 4) is 11.4 Å². The molecule has 0 amide bonds. The number of aryl methyl sites for hydroxylation is 1. The quantitative estimate of drug-likeness (QED) is 0.724. The van der Waals surface area contributed by atoms with E-state index < -0.39 is 0 Å². The third kappa shape index (κ3) is 2.03. The monoisotopic (exact) mass is 254 g/mol. The summed E-state index contributed by atoms with van der Waals surface area (Å²) in [5, 5.41) is 12.1. The van der Waals surface area contributed by atoms with Crippen LogP contribution in [0.2, 0.25) is 0 Å². The van der Waals surface area contributed by atoms with E-state index in [2.05, 4.69) is 67.3 Å². The molecule has 98 valence electrons. The second kappa shape index (κ2) is 3.95. The summed E-state index contributed by atoms with van der Waals surface area (Å²) < 4.78 is 1.88. The average Bonchev–Trinajstić information content (AvgIpc) is 2.86. The van der Waals surface area contributed by atoms with Gasteiger partial charge in [-0.15, -0.1) is 0 Å².